The highest BCUT2D eigenvalue weighted by Crippen LogP contribution is 2.27. The average molecular weight is 508 g/mol. The van der Waals surface area contributed by atoms with Gasteiger partial charge in [-0.25, -0.2) is 8.42 Å². The molecule has 1 atom stereocenters. The van der Waals surface area contributed by atoms with Gasteiger partial charge in [-0.15, -0.1) is 0 Å². The van der Waals surface area contributed by atoms with Crippen LogP contribution in [0, 0.1) is 13.8 Å². The number of sulfonamides is 1. The lowest BCUT2D eigenvalue weighted by atomic mass is 10.1. The van der Waals surface area contributed by atoms with Crippen molar-refractivity contribution in [3.8, 4) is 5.75 Å². The van der Waals surface area contributed by atoms with Gasteiger partial charge >= 0.3 is 0 Å². The SMILES string of the molecule is Cc1cc(OCCCc2c(C(=O)NCCC(O)NS(C)(=O)=O)[nH]c3ccccc23)cc(C)c1Cl. The van der Waals surface area contributed by atoms with Crippen molar-refractivity contribution in [2.24, 2.45) is 0 Å². The molecule has 184 valence electrons. The predicted molar refractivity (Wildman–Crippen MR) is 134 cm³/mol. The maximum atomic E-state index is 12.9. The van der Waals surface area contributed by atoms with Gasteiger partial charge in [-0.3, -0.25) is 4.79 Å². The smallest absolute Gasteiger partial charge is 0.268 e. The van der Waals surface area contributed by atoms with Gasteiger partial charge in [0, 0.05) is 28.9 Å². The molecule has 34 heavy (non-hydrogen) atoms. The van der Waals surface area contributed by atoms with Crippen LogP contribution in [0.15, 0.2) is 36.4 Å². The monoisotopic (exact) mass is 507 g/mol. The summed E-state index contributed by atoms with van der Waals surface area (Å²) >= 11 is 6.22. The molecule has 0 spiro atoms. The van der Waals surface area contributed by atoms with Gasteiger partial charge in [0.05, 0.1) is 12.9 Å². The Morgan fingerprint density at radius 1 is 1.21 bits per heavy atom. The Hall–Kier alpha value is -2.59. The third kappa shape index (κ3) is 6.96. The Kier molecular flexibility index (Phi) is 8.59. The number of carbonyl (C=O) groups is 1. The van der Waals surface area contributed by atoms with E-state index in [0.29, 0.717) is 25.1 Å². The number of halogens is 1. The first-order valence-corrected chi connectivity index (χ1v) is 13.2. The zero-order chi connectivity index (χ0) is 24.9. The summed E-state index contributed by atoms with van der Waals surface area (Å²) in [6, 6.07) is 11.5. The third-order valence-electron chi connectivity index (χ3n) is 5.34. The maximum absolute atomic E-state index is 12.9. The first-order chi connectivity index (χ1) is 16.0. The van der Waals surface area contributed by atoms with E-state index in [0.717, 1.165) is 44.6 Å². The molecular weight excluding hydrogens is 478 g/mol. The van der Waals surface area contributed by atoms with Crippen LogP contribution >= 0.6 is 11.6 Å². The van der Waals surface area contributed by atoms with E-state index in [4.69, 9.17) is 16.3 Å². The number of ether oxygens (including phenoxy) is 1. The molecule has 1 heterocycles. The van der Waals surface area contributed by atoms with Gasteiger partial charge in [0.1, 0.15) is 17.7 Å². The second-order valence-electron chi connectivity index (χ2n) is 8.30. The van der Waals surface area contributed by atoms with E-state index in [-0.39, 0.29) is 18.9 Å². The first-order valence-electron chi connectivity index (χ1n) is 11.0. The molecule has 0 saturated heterocycles. The molecule has 0 radical (unpaired) electrons. The van der Waals surface area contributed by atoms with E-state index in [1.54, 1.807) is 0 Å². The summed E-state index contributed by atoms with van der Waals surface area (Å²) in [5, 5.41) is 14.2. The summed E-state index contributed by atoms with van der Waals surface area (Å²) in [6.07, 6.45) is 1.05. The summed E-state index contributed by atoms with van der Waals surface area (Å²) in [7, 11) is -3.53. The number of amides is 1. The highest BCUT2D eigenvalue weighted by molar-refractivity contribution is 7.88. The molecule has 0 aliphatic heterocycles. The summed E-state index contributed by atoms with van der Waals surface area (Å²) in [5.74, 6) is 0.445. The molecule has 0 saturated carbocycles. The van der Waals surface area contributed by atoms with Crippen LogP contribution in [-0.4, -0.2) is 50.1 Å². The van der Waals surface area contributed by atoms with Crippen LogP contribution in [0.25, 0.3) is 10.9 Å². The van der Waals surface area contributed by atoms with E-state index in [9.17, 15) is 18.3 Å². The van der Waals surface area contributed by atoms with E-state index in [1.165, 1.54) is 0 Å². The number of aryl methyl sites for hydroxylation is 3. The zero-order valence-electron chi connectivity index (χ0n) is 19.4. The Morgan fingerprint density at radius 3 is 2.56 bits per heavy atom. The topological polar surface area (TPSA) is 121 Å². The molecule has 0 aliphatic rings. The number of aromatic nitrogens is 1. The number of carbonyl (C=O) groups excluding carboxylic acids is 1. The lowest BCUT2D eigenvalue weighted by molar-refractivity contribution is 0.0935. The van der Waals surface area contributed by atoms with Gasteiger partial charge in [-0.2, -0.15) is 4.72 Å². The molecule has 8 nitrogen and oxygen atoms in total. The van der Waals surface area contributed by atoms with Crippen molar-refractivity contribution >= 4 is 38.4 Å². The van der Waals surface area contributed by atoms with E-state index in [1.807, 2.05) is 50.2 Å². The van der Waals surface area contributed by atoms with E-state index >= 15 is 0 Å². The fraction of sp³-hybridized carbons (Fsp3) is 0.375. The van der Waals surface area contributed by atoms with Crippen LogP contribution in [0.1, 0.15) is 40.0 Å². The fourth-order valence-corrected chi connectivity index (χ4v) is 4.52. The van der Waals surface area contributed by atoms with Crippen molar-refractivity contribution in [2.75, 3.05) is 19.4 Å². The van der Waals surface area contributed by atoms with Crippen LogP contribution in [0.2, 0.25) is 5.02 Å². The average Bonchev–Trinajstić information content (AvgIpc) is 3.12. The first kappa shape index (κ1) is 26.0. The summed E-state index contributed by atoms with van der Waals surface area (Å²) < 4.78 is 30.4. The molecule has 10 heteroatoms. The van der Waals surface area contributed by atoms with Gasteiger partial charge in [0.15, 0.2) is 0 Å². The molecule has 3 aromatic rings. The number of aliphatic hydroxyl groups is 1. The highest BCUT2D eigenvalue weighted by Gasteiger charge is 2.18. The predicted octanol–water partition coefficient (Wildman–Crippen LogP) is 3.44. The number of hydrogen-bond acceptors (Lipinski definition) is 5. The number of aliphatic hydroxyl groups excluding tert-OH is 1. The summed E-state index contributed by atoms with van der Waals surface area (Å²) in [5.41, 5.74) is 4.11. The number of rotatable bonds is 11. The van der Waals surface area contributed by atoms with Gasteiger partial charge in [0.2, 0.25) is 10.0 Å². The number of hydrogen-bond donors (Lipinski definition) is 4. The zero-order valence-corrected chi connectivity index (χ0v) is 21.0. The van der Waals surface area contributed by atoms with Crippen molar-refractivity contribution in [2.45, 2.75) is 39.3 Å². The number of benzene rings is 2. The Labute approximate surface area is 204 Å². The lowest BCUT2D eigenvalue weighted by Crippen LogP contribution is -2.37. The van der Waals surface area contributed by atoms with Crippen LogP contribution in [0.5, 0.6) is 5.75 Å². The molecule has 1 aromatic heterocycles. The fourth-order valence-electron chi connectivity index (χ4n) is 3.80. The van der Waals surface area contributed by atoms with Crippen molar-refractivity contribution in [3.63, 3.8) is 0 Å². The Bertz CT molecular complexity index is 1250. The minimum atomic E-state index is -3.53. The summed E-state index contributed by atoms with van der Waals surface area (Å²) in [6.45, 7) is 4.46. The second kappa shape index (κ2) is 11.2. The van der Waals surface area contributed by atoms with Crippen molar-refractivity contribution < 1.29 is 23.1 Å². The van der Waals surface area contributed by atoms with Crippen molar-refractivity contribution in [1.82, 2.24) is 15.0 Å². The van der Waals surface area contributed by atoms with E-state index in [2.05, 4.69) is 15.0 Å². The molecule has 3 rings (SSSR count). The van der Waals surface area contributed by atoms with Gasteiger partial charge < -0.3 is 20.1 Å². The quantitative estimate of drug-likeness (QED) is 0.234. The third-order valence-corrected chi connectivity index (χ3v) is 6.64. The van der Waals surface area contributed by atoms with Gasteiger partial charge in [0.25, 0.3) is 5.91 Å². The molecule has 0 bridgehead atoms. The van der Waals surface area contributed by atoms with Gasteiger partial charge in [-0.1, -0.05) is 29.8 Å². The molecule has 4 N–H and O–H groups in total. The number of H-pyrrole nitrogens is 1. The molecule has 0 fully saturated rings. The Balaban J connectivity index is 1.63. The molecule has 0 aliphatic carbocycles. The van der Waals surface area contributed by atoms with Crippen LogP contribution in [-0.2, 0) is 16.4 Å². The molecular formula is C24H30ClN3O5S. The van der Waals surface area contributed by atoms with E-state index < -0.39 is 16.3 Å². The number of aromatic amines is 1. The second-order valence-corrected chi connectivity index (χ2v) is 10.5. The lowest BCUT2D eigenvalue weighted by Gasteiger charge is -2.12. The standard InChI is InChI=1S/C24H30ClN3O5S/c1-15-13-17(14-16(2)22(15)25)33-12-6-8-19-18-7-4-5-9-20(18)27-23(19)24(30)26-11-10-21(29)28-34(3,31)32/h4-5,7,9,13-14,21,27-29H,6,8,10-12H2,1-3H3,(H,26,30). The summed E-state index contributed by atoms with van der Waals surface area (Å²) in [4.78, 5) is 16.0. The van der Waals surface area contributed by atoms with Gasteiger partial charge in [-0.05, 0) is 61.6 Å². The number of fused-ring (bicyclic) bond motifs is 1. The van der Waals surface area contributed by atoms with Crippen molar-refractivity contribution in [3.05, 3.63) is 63.8 Å². The van der Waals surface area contributed by atoms with Crippen LogP contribution in [0.4, 0.5) is 0 Å². The largest absolute Gasteiger partial charge is 0.494 e. The molecule has 1 unspecified atom stereocenters. The van der Waals surface area contributed by atoms with Crippen molar-refractivity contribution in [1.29, 1.82) is 0 Å². The van der Waals surface area contributed by atoms with Crippen LogP contribution < -0.4 is 14.8 Å². The maximum Gasteiger partial charge on any atom is 0.268 e. The minimum absolute atomic E-state index is 0.0438. The number of para-hydroxylation sites is 1. The number of nitrogens with one attached hydrogen (secondary N) is 3. The van der Waals surface area contributed by atoms with Crippen LogP contribution in [0.3, 0.4) is 0 Å². The highest BCUT2D eigenvalue weighted by atomic mass is 35.5. The Morgan fingerprint density at radius 2 is 1.88 bits per heavy atom. The molecule has 1 amide bonds. The molecule has 2 aromatic carbocycles. The normalized spacial score (nSPS) is 12.6. The minimum Gasteiger partial charge on any atom is -0.494 e.